The number of anilines is 1. The van der Waals surface area contributed by atoms with Gasteiger partial charge in [0.25, 0.3) is 15.9 Å². The predicted molar refractivity (Wildman–Crippen MR) is 191 cm³/mol. The number of aromatic nitrogens is 7. The van der Waals surface area contributed by atoms with Crippen LogP contribution in [-0.4, -0.2) is 48.4 Å². The summed E-state index contributed by atoms with van der Waals surface area (Å²) in [5.74, 6) is -8.98. The Morgan fingerprint density at radius 1 is 1.07 bits per heavy atom. The summed E-state index contributed by atoms with van der Waals surface area (Å²) in [5, 5.41) is 10.6. The number of imidazole rings is 1. The molecule has 0 spiro atoms. The maximum atomic E-state index is 15.3. The van der Waals surface area contributed by atoms with Crippen molar-refractivity contribution in [2.45, 2.75) is 48.5 Å². The molecule has 3 atom stereocenters. The normalized spacial score (nSPS) is 17.6. The third kappa shape index (κ3) is 6.70. The van der Waals surface area contributed by atoms with Crippen molar-refractivity contribution in [3.63, 3.8) is 0 Å². The van der Waals surface area contributed by atoms with Crippen LogP contribution in [0.1, 0.15) is 52.3 Å². The Morgan fingerprint density at radius 3 is 2.47 bits per heavy atom. The van der Waals surface area contributed by atoms with Crippen molar-refractivity contribution in [2.24, 2.45) is 20.0 Å². The molecule has 2 aliphatic carbocycles. The molecule has 12 nitrogen and oxygen atoms in total. The summed E-state index contributed by atoms with van der Waals surface area (Å²) >= 11 is 0. The number of aryl methyl sites for hydroxylation is 2. The van der Waals surface area contributed by atoms with Crippen molar-refractivity contribution in [3.8, 4) is 11.1 Å². The number of nitrogens with one attached hydrogen (secondary N) is 2. The number of carbonyl (C=O) groups is 1. The molecule has 8 rings (SSSR count). The van der Waals surface area contributed by atoms with E-state index in [9.17, 15) is 35.2 Å². The fraction of sp³-hybridized carbons (Fsp3) is 0.270. The minimum absolute atomic E-state index is 0.0447. The molecule has 0 radical (unpaired) electrons. The van der Waals surface area contributed by atoms with Crippen LogP contribution in [0.4, 0.5) is 36.6 Å². The number of sulfonamides is 1. The second-order valence-electron chi connectivity index (χ2n) is 14.0. The number of hydrogen-bond donors (Lipinski definition) is 2. The van der Waals surface area contributed by atoms with Gasteiger partial charge < -0.3 is 9.88 Å². The molecular formula is C37H30F7N9O3S. The van der Waals surface area contributed by atoms with Gasteiger partial charge in [-0.2, -0.15) is 40.6 Å². The highest BCUT2D eigenvalue weighted by molar-refractivity contribution is 7.92. The summed E-state index contributed by atoms with van der Waals surface area (Å²) in [6, 6.07) is 9.48. The summed E-state index contributed by atoms with van der Waals surface area (Å²) in [6.07, 6.45) is -1.51. The number of pyridine rings is 1. The van der Waals surface area contributed by atoms with E-state index in [1.54, 1.807) is 44.4 Å². The molecule has 1 saturated carbocycles. The Balaban J connectivity index is 1.22. The van der Waals surface area contributed by atoms with Crippen LogP contribution in [0, 0.1) is 17.6 Å². The summed E-state index contributed by atoms with van der Waals surface area (Å²) < 4.78 is 134. The molecule has 2 N–H and O–H groups in total. The predicted octanol–water partition coefficient (Wildman–Crippen LogP) is 6.62. The van der Waals surface area contributed by atoms with Gasteiger partial charge >= 0.3 is 6.18 Å². The van der Waals surface area contributed by atoms with Crippen LogP contribution in [0.3, 0.4) is 0 Å². The second kappa shape index (κ2) is 13.3. The highest BCUT2D eigenvalue weighted by Crippen LogP contribution is 2.68. The standard InChI is InChI=1S/C37H30F7N9O3S/c1-4-21-8-9-22(23-6-5-7-24-32(23)52(3)49-35(24)50-57(55,56)29-16-51(2)17-45-29)31(46-21)27(12-18-10-19(38)13-20(39)11-18)47-28(54)15-53-34-30(33(48-53)37(42,43)44)25-14-26(25)36(34,40)41/h4-11,13,16-17,25-27H,1,12,14-15H2,2-3H3,(H,47,54)(H,49,50)/t25-,26+,27-/m0/s1. The highest BCUT2D eigenvalue weighted by atomic mass is 32.2. The fourth-order valence-electron chi connectivity index (χ4n) is 7.58. The van der Waals surface area contributed by atoms with E-state index in [1.807, 2.05) is 0 Å². The van der Waals surface area contributed by atoms with Gasteiger partial charge in [-0.1, -0.05) is 24.8 Å². The van der Waals surface area contributed by atoms with Crippen molar-refractivity contribution in [1.82, 2.24) is 39.4 Å². The molecular weight excluding hydrogens is 784 g/mol. The Bertz CT molecular complexity index is 2720. The number of benzene rings is 2. The Labute approximate surface area is 319 Å². The van der Waals surface area contributed by atoms with Gasteiger partial charge in [0.2, 0.25) is 5.91 Å². The first-order valence-corrected chi connectivity index (χ1v) is 18.7. The van der Waals surface area contributed by atoms with Crippen LogP contribution in [0.25, 0.3) is 28.1 Å². The minimum atomic E-state index is -5.06. The number of para-hydroxylation sites is 1. The number of nitrogens with zero attached hydrogens (tertiary/aromatic N) is 7. The van der Waals surface area contributed by atoms with E-state index >= 15 is 8.78 Å². The number of fused-ring (bicyclic) bond motifs is 4. The van der Waals surface area contributed by atoms with Crippen molar-refractivity contribution >= 4 is 38.7 Å². The molecule has 20 heteroatoms. The van der Waals surface area contributed by atoms with Gasteiger partial charge in [0.1, 0.15) is 23.9 Å². The average molecular weight is 814 g/mol. The Kier molecular flexibility index (Phi) is 8.82. The van der Waals surface area contributed by atoms with Crippen molar-refractivity contribution in [2.75, 3.05) is 4.72 Å². The van der Waals surface area contributed by atoms with E-state index in [2.05, 4.69) is 36.8 Å². The minimum Gasteiger partial charge on any atom is -0.346 e. The maximum Gasteiger partial charge on any atom is 0.435 e. The third-order valence-corrected chi connectivity index (χ3v) is 11.2. The molecule has 6 aromatic rings. The number of amides is 1. The molecule has 1 fully saturated rings. The van der Waals surface area contributed by atoms with E-state index in [0.717, 1.165) is 12.1 Å². The van der Waals surface area contributed by atoms with Crippen LogP contribution in [0.5, 0.6) is 0 Å². The number of halogens is 7. The molecule has 57 heavy (non-hydrogen) atoms. The van der Waals surface area contributed by atoms with Gasteiger partial charge in [0.15, 0.2) is 16.5 Å². The van der Waals surface area contributed by atoms with Crippen LogP contribution in [0.15, 0.2) is 72.7 Å². The molecule has 2 aromatic carbocycles. The molecule has 2 aliphatic rings. The van der Waals surface area contributed by atoms with Gasteiger partial charge in [-0.15, -0.1) is 0 Å². The molecule has 0 saturated heterocycles. The molecule has 1 amide bonds. The lowest BCUT2D eigenvalue weighted by atomic mass is 9.93. The first kappa shape index (κ1) is 37.9. The molecule has 4 heterocycles. The van der Waals surface area contributed by atoms with Crippen molar-refractivity contribution in [3.05, 3.63) is 113 Å². The average Bonchev–Trinajstić information content (AvgIpc) is 3.35. The molecule has 0 unspecified atom stereocenters. The van der Waals surface area contributed by atoms with Crippen LogP contribution < -0.4 is 10.0 Å². The van der Waals surface area contributed by atoms with Crippen molar-refractivity contribution < 1.29 is 43.9 Å². The molecule has 0 aliphatic heterocycles. The number of alkyl halides is 5. The number of rotatable bonds is 11. The van der Waals surface area contributed by atoms with E-state index in [4.69, 9.17) is 0 Å². The van der Waals surface area contributed by atoms with Gasteiger partial charge in [0.05, 0.1) is 29.3 Å². The quantitative estimate of drug-likeness (QED) is 0.140. The number of hydrogen-bond acceptors (Lipinski definition) is 7. The van der Waals surface area contributed by atoms with Crippen LogP contribution >= 0.6 is 0 Å². The first-order valence-electron chi connectivity index (χ1n) is 17.3. The smallest absolute Gasteiger partial charge is 0.346 e. The largest absolute Gasteiger partial charge is 0.435 e. The summed E-state index contributed by atoms with van der Waals surface area (Å²) in [5.41, 5.74) is -1.53. The molecule has 4 aromatic heterocycles. The van der Waals surface area contributed by atoms with E-state index in [-0.39, 0.29) is 40.6 Å². The fourth-order valence-corrected chi connectivity index (χ4v) is 8.58. The second-order valence-corrected chi connectivity index (χ2v) is 15.6. The maximum absolute atomic E-state index is 15.3. The van der Waals surface area contributed by atoms with Crippen molar-refractivity contribution in [1.29, 1.82) is 0 Å². The SMILES string of the molecule is C=Cc1ccc(-c2cccc3c(NS(=O)(=O)c4cn(C)cn4)nn(C)c23)c([C@H](Cc2cc(F)cc(F)c2)NC(=O)Cn2nc(C(F)(F)F)c3c2C(F)(F)[C@@H]2C[C@H]32)n1. The van der Waals surface area contributed by atoms with Gasteiger partial charge in [0, 0.05) is 54.4 Å². The summed E-state index contributed by atoms with van der Waals surface area (Å²) in [6.45, 7) is 2.71. The molecule has 296 valence electrons. The lowest BCUT2D eigenvalue weighted by Crippen LogP contribution is -2.35. The van der Waals surface area contributed by atoms with Gasteiger partial charge in [-0.05, 0) is 54.7 Å². The lowest BCUT2D eigenvalue weighted by Gasteiger charge is -2.23. The molecule has 0 bridgehead atoms. The monoisotopic (exact) mass is 813 g/mol. The van der Waals surface area contributed by atoms with Crippen LogP contribution in [-0.2, 0) is 54.0 Å². The zero-order valence-corrected chi connectivity index (χ0v) is 30.6. The van der Waals surface area contributed by atoms with E-state index < -0.39 is 81.0 Å². The lowest BCUT2D eigenvalue weighted by molar-refractivity contribution is -0.142. The Hall–Kier alpha value is -6.05. The highest BCUT2D eigenvalue weighted by Gasteiger charge is 2.68. The zero-order valence-electron chi connectivity index (χ0n) is 29.8. The Morgan fingerprint density at radius 2 is 1.81 bits per heavy atom. The van der Waals surface area contributed by atoms with Gasteiger partial charge in [-0.3, -0.25) is 23.9 Å². The van der Waals surface area contributed by atoms with E-state index in [1.165, 1.54) is 27.8 Å². The summed E-state index contributed by atoms with van der Waals surface area (Å²) in [7, 11) is -1.02. The topological polar surface area (TPSA) is 142 Å². The van der Waals surface area contributed by atoms with Gasteiger partial charge in [-0.25, -0.2) is 13.8 Å². The zero-order chi connectivity index (χ0) is 40.8. The summed E-state index contributed by atoms with van der Waals surface area (Å²) in [4.78, 5) is 22.4. The number of carbonyl (C=O) groups excluding carboxylic acids is 1. The van der Waals surface area contributed by atoms with Crippen LogP contribution in [0.2, 0.25) is 0 Å². The third-order valence-electron chi connectivity index (χ3n) is 10.0. The van der Waals surface area contributed by atoms with E-state index in [0.29, 0.717) is 32.8 Å². The first-order chi connectivity index (χ1) is 26.8.